The Balaban J connectivity index is 1.24. The summed E-state index contributed by atoms with van der Waals surface area (Å²) in [5, 5.41) is 3.76. The maximum Gasteiger partial charge on any atom is 0.443 e. The van der Waals surface area contributed by atoms with Crippen LogP contribution in [0.3, 0.4) is 0 Å². The van der Waals surface area contributed by atoms with Gasteiger partial charge in [0, 0.05) is 38.1 Å². The molecule has 200 valence electrons. The van der Waals surface area contributed by atoms with Gasteiger partial charge in [-0.05, 0) is 36.8 Å². The van der Waals surface area contributed by atoms with Crippen LogP contribution in [0.4, 0.5) is 18.2 Å². The van der Waals surface area contributed by atoms with Gasteiger partial charge in [-0.15, -0.1) is 0 Å². The molecule has 12 heteroatoms. The second-order valence-corrected chi connectivity index (χ2v) is 10.4. The average Bonchev–Trinajstić information content (AvgIpc) is 3.68. The van der Waals surface area contributed by atoms with E-state index in [0.717, 1.165) is 16.8 Å². The standard InChI is InChI=1S/C27H24F3N7OS/c1-17-16-35(13-14-36(17)22(38)15-18-7-2-5-10-21(18)37-12-6-11-31-37)25-23(34-26(39-25)27(28,29)30)24-32-19-8-3-4-9-20(19)33-24/h2-12,17H,13-16H2,1H3,(H,32,33). The van der Waals surface area contributed by atoms with Crippen LogP contribution < -0.4 is 4.90 Å². The van der Waals surface area contributed by atoms with Crippen molar-refractivity contribution < 1.29 is 18.0 Å². The van der Waals surface area contributed by atoms with Crippen LogP contribution in [-0.4, -0.2) is 61.2 Å². The van der Waals surface area contributed by atoms with Crippen LogP contribution in [0.5, 0.6) is 0 Å². The van der Waals surface area contributed by atoms with Crippen LogP contribution in [0.15, 0.2) is 67.0 Å². The number of H-pyrrole nitrogens is 1. The molecule has 1 aliphatic rings. The van der Waals surface area contributed by atoms with Gasteiger partial charge < -0.3 is 14.8 Å². The highest BCUT2D eigenvalue weighted by atomic mass is 32.1. The predicted molar refractivity (Wildman–Crippen MR) is 143 cm³/mol. The number of nitrogens with zero attached hydrogens (tertiary/aromatic N) is 6. The number of carbonyl (C=O) groups excluding carboxylic acids is 1. The number of anilines is 1. The number of benzene rings is 2. The fourth-order valence-electron chi connectivity index (χ4n) is 4.94. The maximum absolute atomic E-state index is 13.7. The van der Waals surface area contributed by atoms with Gasteiger partial charge in [-0.2, -0.15) is 18.3 Å². The van der Waals surface area contributed by atoms with Crippen molar-refractivity contribution in [3.05, 3.63) is 77.6 Å². The van der Waals surface area contributed by atoms with E-state index in [9.17, 15) is 18.0 Å². The quantitative estimate of drug-likeness (QED) is 0.326. The first-order valence-electron chi connectivity index (χ1n) is 12.4. The molecule has 2 aromatic carbocycles. The first-order valence-corrected chi connectivity index (χ1v) is 13.2. The Hall–Kier alpha value is -4.19. The van der Waals surface area contributed by atoms with Gasteiger partial charge in [0.1, 0.15) is 10.7 Å². The number of piperazine rings is 1. The van der Waals surface area contributed by atoms with Crippen LogP contribution in [0.25, 0.3) is 28.2 Å². The summed E-state index contributed by atoms with van der Waals surface area (Å²) in [6, 6.07) is 16.5. The number of aromatic nitrogens is 5. The molecular formula is C27H24F3N7OS. The van der Waals surface area contributed by atoms with Crippen molar-refractivity contribution in [2.75, 3.05) is 24.5 Å². The first kappa shape index (κ1) is 25.1. The zero-order valence-corrected chi connectivity index (χ0v) is 21.7. The van der Waals surface area contributed by atoms with E-state index in [1.807, 2.05) is 66.6 Å². The SMILES string of the molecule is CC1CN(c2sc(C(F)(F)F)nc2-c2nc3ccccc3[nH]2)CCN1C(=O)Cc1ccccc1-n1cccn1. The summed E-state index contributed by atoms with van der Waals surface area (Å²) in [7, 11) is 0. The minimum Gasteiger partial charge on any atom is -0.358 e. The highest BCUT2D eigenvalue weighted by molar-refractivity contribution is 7.16. The van der Waals surface area contributed by atoms with Crippen molar-refractivity contribution in [3.63, 3.8) is 0 Å². The van der Waals surface area contributed by atoms with Gasteiger partial charge in [0.15, 0.2) is 5.82 Å². The number of carbonyl (C=O) groups is 1. The first-order chi connectivity index (χ1) is 18.8. The Morgan fingerprint density at radius 3 is 2.62 bits per heavy atom. The van der Waals surface area contributed by atoms with Gasteiger partial charge in [-0.1, -0.05) is 41.7 Å². The Bertz CT molecular complexity index is 1590. The van der Waals surface area contributed by atoms with Crippen LogP contribution in [-0.2, 0) is 17.4 Å². The predicted octanol–water partition coefficient (Wildman–Crippen LogP) is 5.17. The Morgan fingerprint density at radius 1 is 1.08 bits per heavy atom. The Morgan fingerprint density at radius 2 is 1.87 bits per heavy atom. The summed E-state index contributed by atoms with van der Waals surface area (Å²) >= 11 is 0.609. The fraction of sp³-hybridized carbons (Fsp3) is 0.259. The van der Waals surface area contributed by atoms with Crippen molar-refractivity contribution in [2.24, 2.45) is 0 Å². The third kappa shape index (κ3) is 4.87. The molecule has 1 amide bonds. The monoisotopic (exact) mass is 551 g/mol. The van der Waals surface area contributed by atoms with E-state index < -0.39 is 11.2 Å². The topological polar surface area (TPSA) is 82.9 Å². The zero-order valence-electron chi connectivity index (χ0n) is 20.9. The molecule has 0 spiro atoms. The number of imidazole rings is 1. The van der Waals surface area contributed by atoms with E-state index in [1.54, 1.807) is 21.8 Å². The Kier molecular flexibility index (Phi) is 6.34. The largest absolute Gasteiger partial charge is 0.443 e. The molecule has 4 heterocycles. The van der Waals surface area contributed by atoms with Gasteiger partial charge in [-0.25, -0.2) is 14.6 Å². The lowest BCUT2D eigenvalue weighted by atomic mass is 10.1. The van der Waals surface area contributed by atoms with Crippen molar-refractivity contribution >= 4 is 33.3 Å². The molecule has 0 aliphatic carbocycles. The lowest BCUT2D eigenvalue weighted by Gasteiger charge is -2.40. The molecule has 5 aromatic rings. The second kappa shape index (κ2) is 9.84. The molecule has 8 nitrogen and oxygen atoms in total. The van der Waals surface area contributed by atoms with E-state index in [0.29, 0.717) is 47.3 Å². The molecule has 1 aliphatic heterocycles. The number of hydrogen-bond acceptors (Lipinski definition) is 6. The summed E-state index contributed by atoms with van der Waals surface area (Å²) < 4.78 is 42.8. The molecule has 39 heavy (non-hydrogen) atoms. The zero-order chi connectivity index (χ0) is 27.1. The smallest absolute Gasteiger partial charge is 0.358 e. The number of nitrogens with one attached hydrogen (secondary N) is 1. The number of hydrogen-bond donors (Lipinski definition) is 1. The van der Waals surface area contributed by atoms with Gasteiger partial charge in [0.2, 0.25) is 10.9 Å². The molecule has 3 aromatic heterocycles. The van der Waals surface area contributed by atoms with Gasteiger partial charge in [-0.3, -0.25) is 4.79 Å². The van der Waals surface area contributed by atoms with E-state index in [2.05, 4.69) is 20.1 Å². The fourth-order valence-corrected chi connectivity index (χ4v) is 5.91. The summed E-state index contributed by atoms with van der Waals surface area (Å²) in [5.74, 6) is 0.249. The number of para-hydroxylation sites is 3. The minimum atomic E-state index is -4.57. The number of rotatable bonds is 5. The highest BCUT2D eigenvalue weighted by Gasteiger charge is 2.39. The molecule has 6 rings (SSSR count). The molecule has 1 fully saturated rings. The molecule has 0 bridgehead atoms. The van der Waals surface area contributed by atoms with Crippen molar-refractivity contribution in [1.82, 2.24) is 29.6 Å². The van der Waals surface area contributed by atoms with E-state index in [-0.39, 0.29) is 24.1 Å². The van der Waals surface area contributed by atoms with Crippen LogP contribution in [0.1, 0.15) is 17.5 Å². The summed E-state index contributed by atoms with van der Waals surface area (Å²) in [4.78, 5) is 28.6. The third-order valence-corrected chi connectivity index (χ3v) is 7.95. The molecule has 1 unspecified atom stereocenters. The molecule has 0 radical (unpaired) electrons. The molecular weight excluding hydrogens is 527 g/mol. The number of aromatic amines is 1. The minimum absolute atomic E-state index is 0.0421. The number of amides is 1. The summed E-state index contributed by atoms with van der Waals surface area (Å²) in [6.07, 6.45) is -0.865. The molecule has 1 atom stereocenters. The van der Waals surface area contributed by atoms with E-state index >= 15 is 0 Å². The second-order valence-electron chi connectivity index (χ2n) is 9.41. The highest BCUT2D eigenvalue weighted by Crippen LogP contribution is 2.42. The Labute approximate surface area is 225 Å². The number of fused-ring (bicyclic) bond motifs is 1. The van der Waals surface area contributed by atoms with Gasteiger partial charge in [0.05, 0.1) is 23.1 Å². The van der Waals surface area contributed by atoms with E-state index in [4.69, 9.17) is 0 Å². The normalized spacial score (nSPS) is 16.3. The summed E-state index contributed by atoms with van der Waals surface area (Å²) in [6.45, 7) is 3.04. The van der Waals surface area contributed by atoms with Crippen LogP contribution in [0, 0.1) is 0 Å². The average molecular weight is 552 g/mol. The molecule has 0 saturated carbocycles. The lowest BCUT2D eigenvalue weighted by Crippen LogP contribution is -2.54. The molecule has 1 N–H and O–H groups in total. The summed E-state index contributed by atoms with van der Waals surface area (Å²) in [5.41, 5.74) is 3.23. The van der Waals surface area contributed by atoms with Crippen molar-refractivity contribution in [1.29, 1.82) is 0 Å². The van der Waals surface area contributed by atoms with Crippen molar-refractivity contribution in [3.8, 4) is 17.2 Å². The maximum atomic E-state index is 13.7. The number of alkyl halides is 3. The lowest BCUT2D eigenvalue weighted by molar-refractivity contribution is -0.137. The third-order valence-electron chi connectivity index (χ3n) is 6.79. The van der Waals surface area contributed by atoms with Crippen LogP contribution in [0.2, 0.25) is 0 Å². The van der Waals surface area contributed by atoms with Crippen molar-refractivity contribution in [2.45, 2.75) is 25.6 Å². The van der Waals surface area contributed by atoms with Gasteiger partial charge in [0.25, 0.3) is 0 Å². The number of thiazole rings is 1. The molecule has 1 saturated heterocycles. The number of halogens is 3. The van der Waals surface area contributed by atoms with Crippen LogP contribution >= 0.6 is 11.3 Å². The van der Waals surface area contributed by atoms with E-state index in [1.165, 1.54) is 0 Å². The van der Waals surface area contributed by atoms with Gasteiger partial charge >= 0.3 is 6.18 Å².